The van der Waals surface area contributed by atoms with Gasteiger partial charge in [0.1, 0.15) is 4.90 Å². The van der Waals surface area contributed by atoms with E-state index in [2.05, 4.69) is 4.40 Å². The third-order valence-corrected chi connectivity index (χ3v) is 4.69. The molecule has 6 heteroatoms. The number of likely N-dealkylation sites (tertiary alicyclic amines) is 1. The Balaban J connectivity index is 2.06. The summed E-state index contributed by atoms with van der Waals surface area (Å²) in [6.45, 7) is 2.79. The van der Waals surface area contributed by atoms with Crippen molar-refractivity contribution in [2.45, 2.75) is 23.8 Å². The van der Waals surface area contributed by atoms with Crippen LogP contribution < -0.4 is 0 Å². The fourth-order valence-corrected chi connectivity index (χ4v) is 3.67. The summed E-state index contributed by atoms with van der Waals surface area (Å²) in [7, 11) is -3.56. The average molecular weight is 266 g/mol. The normalized spacial score (nSPS) is 29.2. The van der Waals surface area contributed by atoms with Gasteiger partial charge >= 0.3 is 0 Å². The third-order valence-electron chi connectivity index (χ3n) is 3.36. The number of sulfonamides is 1. The zero-order valence-corrected chi connectivity index (χ0v) is 10.8. The van der Waals surface area contributed by atoms with Crippen LogP contribution in [0, 0.1) is 0 Å². The van der Waals surface area contributed by atoms with Crippen LogP contribution in [-0.2, 0) is 10.0 Å². The van der Waals surface area contributed by atoms with Gasteiger partial charge in [-0.2, -0.15) is 8.42 Å². The highest BCUT2D eigenvalue weighted by atomic mass is 32.2. The molecule has 1 atom stereocenters. The molecular formula is C12H14N2O3S. The lowest BCUT2D eigenvalue weighted by molar-refractivity contribution is 0.0755. The van der Waals surface area contributed by atoms with Crippen molar-refractivity contribution < 1.29 is 13.5 Å². The van der Waals surface area contributed by atoms with Gasteiger partial charge < -0.3 is 10.0 Å². The second-order valence-electron chi connectivity index (χ2n) is 5.05. The highest BCUT2D eigenvalue weighted by molar-refractivity contribution is 7.90. The van der Waals surface area contributed by atoms with Gasteiger partial charge in [0.2, 0.25) is 0 Å². The molecule has 0 bridgehead atoms. The van der Waals surface area contributed by atoms with E-state index < -0.39 is 15.6 Å². The van der Waals surface area contributed by atoms with Crippen LogP contribution in [0.25, 0.3) is 0 Å². The Morgan fingerprint density at radius 3 is 2.78 bits per heavy atom. The summed E-state index contributed by atoms with van der Waals surface area (Å²) in [4.78, 5) is 2.09. The molecule has 0 aliphatic carbocycles. The third kappa shape index (κ3) is 1.72. The van der Waals surface area contributed by atoms with Gasteiger partial charge in [0.25, 0.3) is 10.0 Å². The Morgan fingerprint density at radius 2 is 2.11 bits per heavy atom. The maximum absolute atomic E-state index is 11.9. The lowest BCUT2D eigenvalue weighted by Gasteiger charge is -2.20. The Bertz CT molecular complexity index is 634. The summed E-state index contributed by atoms with van der Waals surface area (Å²) in [6.07, 6.45) is 0.619. The molecule has 96 valence electrons. The number of amidine groups is 1. The predicted octanol–water partition coefficient (Wildman–Crippen LogP) is 0.592. The first-order valence-electron chi connectivity index (χ1n) is 5.81. The Morgan fingerprint density at radius 1 is 1.39 bits per heavy atom. The van der Waals surface area contributed by atoms with Crippen LogP contribution in [0.1, 0.15) is 18.9 Å². The maximum atomic E-state index is 11.9. The fraction of sp³-hybridized carbons (Fsp3) is 0.417. The minimum absolute atomic E-state index is 0.256. The number of nitrogens with zero attached hydrogens (tertiary/aromatic N) is 2. The van der Waals surface area contributed by atoms with E-state index in [4.69, 9.17) is 0 Å². The molecule has 18 heavy (non-hydrogen) atoms. The lowest BCUT2D eigenvalue weighted by Crippen LogP contribution is -2.33. The standard InChI is InChI=1S/C12H14N2O3S/c1-12(15)6-7-14(8-12)11-9-4-2-3-5-10(9)18(16,17)13-11/h2-5,15H,6-8H2,1H3. The molecule has 1 N–H and O–H groups in total. The zero-order valence-electron chi connectivity index (χ0n) is 10.00. The molecule has 1 fully saturated rings. The molecule has 0 saturated carbocycles. The summed E-state index contributed by atoms with van der Waals surface area (Å²) in [5.41, 5.74) is -0.140. The minimum Gasteiger partial charge on any atom is -0.388 e. The van der Waals surface area contributed by atoms with E-state index in [-0.39, 0.29) is 4.90 Å². The zero-order chi connectivity index (χ0) is 13.0. The van der Waals surface area contributed by atoms with E-state index in [1.165, 1.54) is 0 Å². The molecule has 2 heterocycles. The molecule has 0 radical (unpaired) electrons. The van der Waals surface area contributed by atoms with Gasteiger partial charge in [0.15, 0.2) is 5.84 Å². The molecule has 2 aliphatic heterocycles. The maximum Gasteiger partial charge on any atom is 0.285 e. The number of benzene rings is 1. The van der Waals surface area contributed by atoms with Gasteiger partial charge in [-0.25, -0.2) is 0 Å². The first-order valence-corrected chi connectivity index (χ1v) is 7.25. The summed E-state index contributed by atoms with van der Waals surface area (Å²) < 4.78 is 27.6. The molecule has 1 saturated heterocycles. The smallest absolute Gasteiger partial charge is 0.285 e. The number of aliphatic hydroxyl groups is 1. The largest absolute Gasteiger partial charge is 0.388 e. The highest BCUT2D eigenvalue weighted by Crippen LogP contribution is 2.30. The Hall–Kier alpha value is -1.40. The van der Waals surface area contributed by atoms with Crippen molar-refractivity contribution in [3.05, 3.63) is 29.8 Å². The molecule has 5 nitrogen and oxygen atoms in total. The summed E-state index contributed by atoms with van der Waals surface area (Å²) in [5.74, 6) is 0.461. The second-order valence-corrected chi connectivity index (χ2v) is 6.63. The van der Waals surface area contributed by atoms with E-state index in [1.807, 2.05) is 4.90 Å². The highest BCUT2D eigenvalue weighted by Gasteiger charge is 2.38. The van der Waals surface area contributed by atoms with Crippen LogP contribution in [0.4, 0.5) is 0 Å². The van der Waals surface area contributed by atoms with Crippen molar-refractivity contribution in [1.29, 1.82) is 0 Å². The molecule has 3 rings (SSSR count). The summed E-state index contributed by atoms with van der Waals surface area (Å²) in [5, 5.41) is 9.96. The van der Waals surface area contributed by atoms with Crippen molar-refractivity contribution in [2.75, 3.05) is 13.1 Å². The molecule has 0 amide bonds. The van der Waals surface area contributed by atoms with Crippen LogP contribution in [0.15, 0.2) is 33.6 Å². The van der Waals surface area contributed by atoms with Crippen LogP contribution in [-0.4, -0.2) is 43.0 Å². The number of hydrogen-bond acceptors (Lipinski definition) is 4. The van der Waals surface area contributed by atoms with Gasteiger partial charge in [0, 0.05) is 18.7 Å². The van der Waals surface area contributed by atoms with Crippen molar-refractivity contribution in [1.82, 2.24) is 4.90 Å². The number of hydrogen-bond donors (Lipinski definition) is 1. The van der Waals surface area contributed by atoms with E-state index in [0.29, 0.717) is 30.9 Å². The Kier molecular flexibility index (Phi) is 2.30. The average Bonchev–Trinajstić information content (AvgIpc) is 2.78. The van der Waals surface area contributed by atoms with E-state index in [9.17, 15) is 13.5 Å². The van der Waals surface area contributed by atoms with Crippen molar-refractivity contribution >= 4 is 15.9 Å². The molecule has 1 aromatic carbocycles. The van der Waals surface area contributed by atoms with Gasteiger partial charge in [-0.3, -0.25) is 0 Å². The van der Waals surface area contributed by atoms with Gasteiger partial charge in [-0.05, 0) is 25.5 Å². The molecular weight excluding hydrogens is 252 g/mol. The van der Waals surface area contributed by atoms with Gasteiger partial charge in [-0.1, -0.05) is 12.1 Å². The number of fused-ring (bicyclic) bond motifs is 1. The van der Waals surface area contributed by atoms with Crippen molar-refractivity contribution in [2.24, 2.45) is 4.40 Å². The summed E-state index contributed by atoms with van der Waals surface area (Å²) >= 11 is 0. The van der Waals surface area contributed by atoms with Crippen LogP contribution in [0.3, 0.4) is 0 Å². The van der Waals surface area contributed by atoms with Crippen LogP contribution >= 0.6 is 0 Å². The first-order chi connectivity index (χ1) is 8.39. The quantitative estimate of drug-likeness (QED) is 0.746. The predicted molar refractivity (Wildman–Crippen MR) is 67.0 cm³/mol. The van der Waals surface area contributed by atoms with Crippen molar-refractivity contribution in [3.63, 3.8) is 0 Å². The minimum atomic E-state index is -3.56. The second kappa shape index (κ2) is 3.55. The first kappa shape index (κ1) is 11.7. The topological polar surface area (TPSA) is 70.0 Å². The fourth-order valence-electron chi connectivity index (χ4n) is 2.44. The molecule has 0 aromatic heterocycles. The van der Waals surface area contributed by atoms with Crippen molar-refractivity contribution in [3.8, 4) is 0 Å². The Labute approximate surface area is 106 Å². The van der Waals surface area contributed by atoms with E-state index in [1.54, 1.807) is 31.2 Å². The number of β-amino-alcohol motifs (C(OH)–C–C–N with tert-alkyl or cyclic N) is 1. The molecule has 2 aliphatic rings. The monoisotopic (exact) mass is 266 g/mol. The molecule has 1 unspecified atom stereocenters. The van der Waals surface area contributed by atoms with Gasteiger partial charge in [0.05, 0.1) is 5.60 Å². The molecule has 0 spiro atoms. The summed E-state index contributed by atoms with van der Waals surface area (Å²) in [6, 6.07) is 6.81. The van der Waals surface area contributed by atoms with E-state index in [0.717, 1.165) is 0 Å². The molecule has 1 aromatic rings. The van der Waals surface area contributed by atoms with E-state index >= 15 is 0 Å². The van der Waals surface area contributed by atoms with Crippen LogP contribution in [0.5, 0.6) is 0 Å². The lowest BCUT2D eigenvalue weighted by atomic mass is 10.1. The SMILES string of the molecule is CC1(O)CCN(C2=NS(=O)(=O)c3ccccc32)C1. The van der Waals surface area contributed by atoms with Gasteiger partial charge in [-0.15, -0.1) is 4.40 Å². The van der Waals surface area contributed by atoms with Crippen LogP contribution in [0.2, 0.25) is 0 Å². The number of rotatable bonds is 0.